The minimum Gasteiger partial charge on any atom is -0.487 e. The first-order chi connectivity index (χ1) is 14.3. The summed E-state index contributed by atoms with van der Waals surface area (Å²) in [5, 5.41) is 2.86. The molecule has 30 heavy (non-hydrogen) atoms. The predicted molar refractivity (Wildman–Crippen MR) is 118 cm³/mol. The molecule has 0 saturated heterocycles. The Morgan fingerprint density at radius 1 is 1.17 bits per heavy atom. The smallest absolute Gasteiger partial charge is 0.337 e. The van der Waals surface area contributed by atoms with Crippen LogP contribution in [0.25, 0.3) is 0 Å². The number of hydrogen-bond donors (Lipinski definition) is 0. The molecule has 0 N–H and O–H groups in total. The van der Waals surface area contributed by atoms with Gasteiger partial charge < -0.3 is 9.47 Å². The number of hydrogen-bond acceptors (Lipinski definition) is 6. The highest BCUT2D eigenvalue weighted by molar-refractivity contribution is 7.14. The third-order valence-corrected chi connectivity index (χ3v) is 5.49. The summed E-state index contributed by atoms with van der Waals surface area (Å²) in [5.74, 6) is 0.0159. The van der Waals surface area contributed by atoms with Crippen LogP contribution in [0.4, 0.5) is 10.8 Å². The highest BCUT2D eigenvalue weighted by atomic mass is 35.5. The van der Waals surface area contributed by atoms with E-state index in [4.69, 9.17) is 16.3 Å². The molecule has 0 unspecified atom stereocenters. The fourth-order valence-electron chi connectivity index (χ4n) is 3.01. The normalized spacial score (nSPS) is 10.6. The molecule has 0 radical (unpaired) electrons. The summed E-state index contributed by atoms with van der Waals surface area (Å²) in [4.78, 5) is 30.0. The average molecular weight is 445 g/mol. The molecular weight excluding hydrogens is 424 g/mol. The maximum Gasteiger partial charge on any atom is 0.337 e. The molecule has 3 aromatic rings. The summed E-state index contributed by atoms with van der Waals surface area (Å²) in [7, 11) is 1.34. The molecule has 0 fully saturated rings. The topological polar surface area (TPSA) is 68.7 Å². The van der Waals surface area contributed by atoms with Gasteiger partial charge in [-0.3, -0.25) is 9.69 Å². The Morgan fingerprint density at radius 3 is 2.47 bits per heavy atom. The number of methoxy groups -OCH3 is 1. The lowest BCUT2D eigenvalue weighted by molar-refractivity contribution is -0.115. The van der Waals surface area contributed by atoms with E-state index in [-0.39, 0.29) is 12.5 Å². The lowest BCUT2D eigenvalue weighted by Gasteiger charge is -2.22. The van der Waals surface area contributed by atoms with Gasteiger partial charge >= 0.3 is 5.97 Å². The zero-order chi connectivity index (χ0) is 21.8. The number of amides is 1. The van der Waals surface area contributed by atoms with Crippen molar-refractivity contribution in [3.8, 4) is 5.75 Å². The number of esters is 1. The molecule has 0 atom stereocenters. The molecule has 6 nitrogen and oxygen atoms in total. The summed E-state index contributed by atoms with van der Waals surface area (Å²) < 4.78 is 10.4. The Labute approximate surface area is 184 Å². The van der Waals surface area contributed by atoms with Gasteiger partial charge in [-0.2, -0.15) is 0 Å². The van der Waals surface area contributed by atoms with Crippen molar-refractivity contribution in [3.63, 3.8) is 0 Å². The van der Waals surface area contributed by atoms with E-state index in [0.717, 1.165) is 11.1 Å². The van der Waals surface area contributed by atoms with E-state index < -0.39 is 5.97 Å². The Morgan fingerprint density at radius 2 is 1.87 bits per heavy atom. The van der Waals surface area contributed by atoms with Crippen LogP contribution >= 0.6 is 22.9 Å². The van der Waals surface area contributed by atoms with Gasteiger partial charge in [0.15, 0.2) is 5.13 Å². The molecule has 0 saturated carbocycles. The second-order valence-corrected chi connectivity index (χ2v) is 7.94. The summed E-state index contributed by atoms with van der Waals surface area (Å²) >= 11 is 7.78. The largest absolute Gasteiger partial charge is 0.487 e. The van der Waals surface area contributed by atoms with E-state index in [2.05, 4.69) is 9.72 Å². The van der Waals surface area contributed by atoms with Gasteiger partial charge in [0.1, 0.15) is 12.4 Å². The SMILES string of the molecule is COC(=O)c1ccc(OCc2csc(N(C(C)=O)c3c(C)cc(C)cc3Cl)n2)cc1. The van der Waals surface area contributed by atoms with E-state index in [1.807, 2.05) is 31.4 Å². The van der Waals surface area contributed by atoms with Crippen molar-refractivity contribution in [3.05, 3.63) is 69.2 Å². The Balaban J connectivity index is 1.77. The molecule has 1 aromatic heterocycles. The average Bonchev–Trinajstić information content (AvgIpc) is 3.16. The molecule has 3 rings (SSSR count). The van der Waals surface area contributed by atoms with Crippen molar-refractivity contribution >= 4 is 45.6 Å². The number of carbonyl (C=O) groups is 2. The van der Waals surface area contributed by atoms with E-state index >= 15 is 0 Å². The highest BCUT2D eigenvalue weighted by Gasteiger charge is 2.22. The molecule has 1 amide bonds. The number of aromatic nitrogens is 1. The van der Waals surface area contributed by atoms with Crippen LogP contribution in [0.3, 0.4) is 0 Å². The molecule has 156 valence electrons. The zero-order valence-electron chi connectivity index (χ0n) is 17.1. The maximum atomic E-state index is 12.4. The second kappa shape index (κ2) is 9.28. The van der Waals surface area contributed by atoms with Gasteiger partial charge in [0.2, 0.25) is 5.91 Å². The van der Waals surface area contributed by atoms with E-state index in [1.165, 1.54) is 30.3 Å². The summed E-state index contributed by atoms with van der Waals surface area (Å²) in [6.07, 6.45) is 0. The fourth-order valence-corrected chi connectivity index (χ4v) is 4.27. The number of nitrogens with zero attached hydrogens (tertiary/aromatic N) is 2. The first-order valence-electron chi connectivity index (χ1n) is 9.13. The lowest BCUT2D eigenvalue weighted by Crippen LogP contribution is -2.24. The van der Waals surface area contributed by atoms with Crippen molar-refractivity contribution < 1.29 is 19.1 Å². The number of carbonyl (C=O) groups excluding carboxylic acids is 2. The van der Waals surface area contributed by atoms with Crippen LogP contribution in [-0.2, 0) is 16.1 Å². The van der Waals surface area contributed by atoms with Gasteiger partial charge in [-0.15, -0.1) is 11.3 Å². The van der Waals surface area contributed by atoms with Crippen LogP contribution in [0.2, 0.25) is 5.02 Å². The van der Waals surface area contributed by atoms with Crippen LogP contribution in [0.5, 0.6) is 5.75 Å². The van der Waals surface area contributed by atoms with Gasteiger partial charge in [-0.25, -0.2) is 9.78 Å². The minimum absolute atomic E-state index is 0.177. The van der Waals surface area contributed by atoms with Gasteiger partial charge in [0.25, 0.3) is 0 Å². The number of ether oxygens (including phenoxy) is 2. The molecule has 0 aliphatic carbocycles. The van der Waals surface area contributed by atoms with Gasteiger partial charge in [-0.05, 0) is 55.3 Å². The molecule has 0 aliphatic rings. The van der Waals surface area contributed by atoms with Crippen LogP contribution in [0, 0.1) is 13.8 Å². The van der Waals surface area contributed by atoms with Crippen LogP contribution < -0.4 is 9.64 Å². The van der Waals surface area contributed by atoms with Crippen LogP contribution in [0.1, 0.15) is 34.1 Å². The number of anilines is 2. The quantitative estimate of drug-likeness (QED) is 0.472. The molecule has 0 aliphatic heterocycles. The first kappa shape index (κ1) is 21.8. The summed E-state index contributed by atoms with van der Waals surface area (Å²) in [5.41, 5.74) is 3.68. The highest BCUT2D eigenvalue weighted by Crippen LogP contribution is 2.37. The van der Waals surface area contributed by atoms with Crippen molar-refractivity contribution in [1.82, 2.24) is 4.98 Å². The number of aryl methyl sites for hydroxylation is 2. The van der Waals surface area contributed by atoms with Gasteiger partial charge in [0, 0.05) is 12.3 Å². The number of thiazole rings is 1. The third-order valence-electron chi connectivity index (χ3n) is 4.33. The predicted octanol–water partition coefficient (Wildman–Crippen LogP) is 5.46. The van der Waals surface area contributed by atoms with E-state index in [0.29, 0.717) is 32.8 Å². The lowest BCUT2D eigenvalue weighted by atomic mass is 10.1. The molecule has 0 bridgehead atoms. The first-order valence-corrected chi connectivity index (χ1v) is 10.4. The molecule has 2 aromatic carbocycles. The zero-order valence-corrected chi connectivity index (χ0v) is 18.6. The number of benzene rings is 2. The Kier molecular flexibility index (Phi) is 6.74. The third kappa shape index (κ3) is 4.80. The molecular formula is C22H21ClN2O4S. The second-order valence-electron chi connectivity index (χ2n) is 6.69. The van der Waals surface area contributed by atoms with Crippen LogP contribution in [0.15, 0.2) is 41.8 Å². The van der Waals surface area contributed by atoms with E-state index in [9.17, 15) is 9.59 Å². The maximum absolute atomic E-state index is 12.4. The molecule has 0 spiro atoms. The van der Waals surface area contributed by atoms with Crippen molar-refractivity contribution in [2.24, 2.45) is 0 Å². The van der Waals surface area contributed by atoms with Crippen molar-refractivity contribution in [2.75, 3.05) is 12.0 Å². The van der Waals surface area contributed by atoms with Gasteiger partial charge in [-0.1, -0.05) is 17.7 Å². The molecule has 8 heteroatoms. The number of halogens is 1. The Bertz CT molecular complexity index is 1060. The molecule has 1 heterocycles. The Hall–Kier alpha value is -2.90. The van der Waals surface area contributed by atoms with Crippen molar-refractivity contribution in [2.45, 2.75) is 27.4 Å². The number of rotatable bonds is 6. The van der Waals surface area contributed by atoms with Crippen molar-refractivity contribution in [1.29, 1.82) is 0 Å². The summed E-state index contributed by atoms with van der Waals surface area (Å²) in [6, 6.07) is 10.5. The minimum atomic E-state index is -0.403. The van der Waals surface area contributed by atoms with Crippen LogP contribution in [-0.4, -0.2) is 24.0 Å². The summed E-state index contributed by atoms with van der Waals surface area (Å²) in [6.45, 7) is 5.58. The monoisotopic (exact) mass is 444 g/mol. The fraction of sp³-hybridized carbons (Fsp3) is 0.227. The van der Waals surface area contributed by atoms with E-state index in [1.54, 1.807) is 24.3 Å². The van der Waals surface area contributed by atoms with Gasteiger partial charge in [0.05, 0.1) is 29.1 Å². The standard InChI is InChI=1S/C22H21ClN2O4S/c1-13-9-14(2)20(19(23)10-13)25(15(3)26)22-24-17(12-30-22)11-29-18-7-5-16(6-8-18)21(27)28-4/h5-10,12H,11H2,1-4H3.